The summed E-state index contributed by atoms with van der Waals surface area (Å²) in [4.78, 5) is -0.124. The zero-order valence-electron chi connectivity index (χ0n) is 11.0. The van der Waals surface area contributed by atoms with Crippen LogP contribution >= 0.6 is 0 Å². The van der Waals surface area contributed by atoms with Crippen molar-refractivity contribution in [2.75, 3.05) is 7.11 Å². The first kappa shape index (κ1) is 14.3. The van der Waals surface area contributed by atoms with Crippen LogP contribution in [0.25, 0.3) is 0 Å². The van der Waals surface area contributed by atoms with Gasteiger partial charge in [0.15, 0.2) is 11.5 Å². The normalized spacial score (nSPS) is 11.2. The third-order valence-corrected chi connectivity index (χ3v) is 3.87. The Morgan fingerprint density at radius 2 is 1.65 bits per heavy atom. The molecule has 2 rings (SSSR count). The molecule has 20 heavy (non-hydrogen) atoms. The average Bonchev–Trinajstić information content (AvgIpc) is 2.41. The van der Waals surface area contributed by atoms with Gasteiger partial charge >= 0.3 is 10.1 Å². The lowest BCUT2D eigenvalue weighted by Crippen LogP contribution is -2.10. The predicted octanol–water partition coefficient (Wildman–Crippen LogP) is 2.91. The molecule has 0 saturated heterocycles. The van der Waals surface area contributed by atoms with Crippen molar-refractivity contribution in [3.8, 4) is 11.5 Å². The van der Waals surface area contributed by atoms with E-state index < -0.39 is 15.9 Å². The summed E-state index contributed by atoms with van der Waals surface area (Å²) in [5.41, 5.74) is 0.911. The molecule has 0 aliphatic heterocycles. The fourth-order valence-corrected chi connectivity index (χ4v) is 2.55. The first-order chi connectivity index (χ1) is 9.42. The van der Waals surface area contributed by atoms with Crippen LogP contribution < -0.4 is 8.92 Å². The van der Waals surface area contributed by atoms with Gasteiger partial charge in [-0.1, -0.05) is 6.07 Å². The van der Waals surface area contributed by atoms with Gasteiger partial charge in [-0.25, -0.2) is 4.39 Å². The molecule has 0 aliphatic carbocycles. The summed E-state index contributed by atoms with van der Waals surface area (Å²) >= 11 is 0. The Morgan fingerprint density at radius 3 is 2.25 bits per heavy atom. The van der Waals surface area contributed by atoms with Crippen LogP contribution in [0.5, 0.6) is 11.5 Å². The van der Waals surface area contributed by atoms with Crippen LogP contribution in [0.3, 0.4) is 0 Å². The lowest BCUT2D eigenvalue weighted by atomic mass is 10.2. The summed E-state index contributed by atoms with van der Waals surface area (Å²) in [6.45, 7) is 1.85. The van der Waals surface area contributed by atoms with Gasteiger partial charge in [0, 0.05) is 0 Å². The van der Waals surface area contributed by atoms with E-state index in [9.17, 15) is 12.8 Å². The molecule has 0 aliphatic rings. The molecule has 0 amide bonds. The zero-order valence-corrected chi connectivity index (χ0v) is 11.8. The van der Waals surface area contributed by atoms with E-state index in [2.05, 4.69) is 0 Å². The number of ether oxygens (including phenoxy) is 1. The first-order valence-corrected chi connectivity index (χ1v) is 7.18. The smallest absolute Gasteiger partial charge is 0.339 e. The number of hydrogen-bond donors (Lipinski definition) is 0. The summed E-state index contributed by atoms with van der Waals surface area (Å²) in [6.07, 6.45) is 0. The van der Waals surface area contributed by atoms with Crippen LogP contribution in [-0.4, -0.2) is 15.5 Å². The molecule has 6 heteroatoms. The van der Waals surface area contributed by atoms with Crippen molar-refractivity contribution in [2.45, 2.75) is 11.8 Å². The molecule has 4 nitrogen and oxygen atoms in total. The maximum absolute atomic E-state index is 12.8. The van der Waals surface area contributed by atoms with Crippen molar-refractivity contribution in [1.82, 2.24) is 0 Å². The monoisotopic (exact) mass is 296 g/mol. The van der Waals surface area contributed by atoms with E-state index in [4.69, 9.17) is 8.92 Å². The molecule has 0 spiro atoms. The van der Waals surface area contributed by atoms with Gasteiger partial charge in [0.1, 0.15) is 10.7 Å². The zero-order chi connectivity index (χ0) is 14.8. The Balaban J connectivity index is 2.35. The molecule has 0 radical (unpaired) electrons. The number of benzene rings is 2. The predicted molar refractivity (Wildman–Crippen MR) is 71.9 cm³/mol. The highest BCUT2D eigenvalue weighted by Gasteiger charge is 2.19. The second-order valence-corrected chi connectivity index (χ2v) is 5.69. The van der Waals surface area contributed by atoms with Crippen LogP contribution in [0.2, 0.25) is 0 Å². The number of rotatable bonds is 4. The minimum absolute atomic E-state index is 0.0856. The van der Waals surface area contributed by atoms with Crippen molar-refractivity contribution in [1.29, 1.82) is 0 Å². The van der Waals surface area contributed by atoms with Crippen LogP contribution in [0.4, 0.5) is 4.39 Å². The maximum Gasteiger partial charge on any atom is 0.339 e. The molecule has 106 valence electrons. The van der Waals surface area contributed by atoms with Gasteiger partial charge in [-0.15, -0.1) is 0 Å². The third-order valence-electron chi connectivity index (χ3n) is 2.62. The molecular formula is C14H13FO4S. The highest BCUT2D eigenvalue weighted by Crippen LogP contribution is 2.30. The molecule has 0 bridgehead atoms. The molecule has 0 atom stereocenters. The Hall–Kier alpha value is -2.08. The van der Waals surface area contributed by atoms with Crippen molar-refractivity contribution in [3.63, 3.8) is 0 Å². The summed E-state index contributed by atoms with van der Waals surface area (Å²) in [5, 5.41) is 0. The summed E-state index contributed by atoms with van der Waals surface area (Å²) in [7, 11) is -2.60. The molecule has 2 aromatic carbocycles. The Morgan fingerprint density at radius 1 is 1.00 bits per heavy atom. The largest absolute Gasteiger partial charge is 0.493 e. The molecular weight excluding hydrogens is 283 g/mol. The molecule has 0 heterocycles. The highest BCUT2D eigenvalue weighted by molar-refractivity contribution is 7.87. The number of methoxy groups -OCH3 is 1. The number of halogens is 1. The van der Waals surface area contributed by atoms with Crippen LogP contribution in [0.15, 0.2) is 47.4 Å². The lowest BCUT2D eigenvalue weighted by Gasteiger charge is -2.11. The van der Waals surface area contributed by atoms with Crippen molar-refractivity contribution in [3.05, 3.63) is 53.8 Å². The van der Waals surface area contributed by atoms with E-state index in [-0.39, 0.29) is 10.6 Å². The Bertz CT molecular complexity index is 708. The van der Waals surface area contributed by atoms with Gasteiger partial charge in [0.25, 0.3) is 0 Å². The molecule has 0 fully saturated rings. The SMILES string of the molecule is COc1cc(C)ccc1OS(=O)(=O)c1ccc(F)cc1. The van der Waals surface area contributed by atoms with E-state index in [0.29, 0.717) is 5.75 Å². The van der Waals surface area contributed by atoms with Gasteiger partial charge in [-0.2, -0.15) is 8.42 Å². The molecule has 2 aromatic rings. The van der Waals surface area contributed by atoms with E-state index >= 15 is 0 Å². The molecule has 0 unspecified atom stereocenters. The van der Waals surface area contributed by atoms with Crippen LogP contribution in [0.1, 0.15) is 5.56 Å². The van der Waals surface area contributed by atoms with E-state index in [0.717, 1.165) is 29.8 Å². The van der Waals surface area contributed by atoms with Crippen LogP contribution in [0, 0.1) is 12.7 Å². The summed E-state index contributed by atoms with van der Waals surface area (Å²) in [5.74, 6) is -0.116. The first-order valence-electron chi connectivity index (χ1n) is 5.77. The number of hydrogen-bond acceptors (Lipinski definition) is 4. The van der Waals surface area contributed by atoms with E-state index in [1.54, 1.807) is 12.1 Å². The quantitative estimate of drug-likeness (QED) is 0.814. The van der Waals surface area contributed by atoms with Crippen LogP contribution in [-0.2, 0) is 10.1 Å². The highest BCUT2D eigenvalue weighted by atomic mass is 32.2. The standard InChI is InChI=1S/C14H13FO4S/c1-10-3-8-13(14(9-10)18-2)19-20(16,17)12-6-4-11(15)5-7-12/h3-9H,1-2H3. The third kappa shape index (κ3) is 3.08. The topological polar surface area (TPSA) is 52.6 Å². The lowest BCUT2D eigenvalue weighted by molar-refractivity contribution is 0.390. The molecule has 0 N–H and O–H groups in total. The van der Waals surface area contributed by atoms with Crippen molar-refractivity contribution < 1.29 is 21.7 Å². The van der Waals surface area contributed by atoms with Gasteiger partial charge < -0.3 is 8.92 Å². The fourth-order valence-electron chi connectivity index (χ4n) is 1.61. The Kier molecular flexibility index (Phi) is 3.94. The van der Waals surface area contributed by atoms with Crippen molar-refractivity contribution in [2.24, 2.45) is 0 Å². The summed E-state index contributed by atoms with van der Waals surface area (Å²) in [6, 6.07) is 9.28. The van der Waals surface area contributed by atoms with Gasteiger partial charge in [0.2, 0.25) is 0 Å². The van der Waals surface area contributed by atoms with Gasteiger partial charge in [0.05, 0.1) is 7.11 Å². The Labute approximate surface area is 116 Å². The average molecular weight is 296 g/mol. The second-order valence-electron chi connectivity index (χ2n) is 4.15. The molecule has 0 saturated carbocycles. The maximum atomic E-state index is 12.8. The minimum atomic E-state index is -4.02. The van der Waals surface area contributed by atoms with E-state index in [1.165, 1.54) is 13.2 Å². The fraction of sp³-hybridized carbons (Fsp3) is 0.143. The minimum Gasteiger partial charge on any atom is -0.493 e. The number of aryl methyl sites for hydroxylation is 1. The second kappa shape index (κ2) is 5.50. The molecule has 0 aromatic heterocycles. The van der Waals surface area contributed by atoms with Gasteiger partial charge in [-0.3, -0.25) is 0 Å². The van der Waals surface area contributed by atoms with Gasteiger partial charge in [-0.05, 0) is 48.9 Å². The van der Waals surface area contributed by atoms with Crippen molar-refractivity contribution >= 4 is 10.1 Å². The summed E-state index contributed by atoms with van der Waals surface area (Å²) < 4.78 is 47.0. The van der Waals surface area contributed by atoms with E-state index in [1.807, 2.05) is 6.92 Å².